The van der Waals surface area contributed by atoms with Crippen LogP contribution in [0.15, 0.2) is 41.3 Å². The van der Waals surface area contributed by atoms with Gasteiger partial charge in [0.2, 0.25) is 0 Å². The van der Waals surface area contributed by atoms with Gasteiger partial charge in [-0.05, 0) is 41.1 Å². The molecule has 2 aromatic carbocycles. The van der Waals surface area contributed by atoms with E-state index < -0.39 is 16.1 Å². The molecule has 31 heavy (non-hydrogen) atoms. The van der Waals surface area contributed by atoms with Gasteiger partial charge in [-0.15, -0.1) is 6.42 Å². The van der Waals surface area contributed by atoms with Gasteiger partial charge in [-0.3, -0.25) is 24.6 Å². The number of carbonyl (C=O) groups excluding carboxylic acids is 2. The Balaban J connectivity index is 1.82. The van der Waals surface area contributed by atoms with Crippen LogP contribution in [0.1, 0.15) is 11.1 Å². The van der Waals surface area contributed by atoms with Crippen molar-refractivity contribution in [2.45, 2.75) is 6.54 Å². The first-order valence-corrected chi connectivity index (χ1v) is 9.96. The van der Waals surface area contributed by atoms with E-state index in [0.717, 1.165) is 16.7 Å². The van der Waals surface area contributed by atoms with Crippen LogP contribution >= 0.6 is 23.4 Å². The lowest BCUT2D eigenvalue weighted by molar-refractivity contribution is -0.384. The first-order chi connectivity index (χ1) is 14.8. The molecule has 0 bridgehead atoms. The van der Waals surface area contributed by atoms with E-state index in [1.54, 1.807) is 12.1 Å². The Bertz CT molecular complexity index is 1120. The van der Waals surface area contributed by atoms with Gasteiger partial charge < -0.3 is 9.47 Å². The molecule has 0 saturated carbocycles. The number of imide groups is 1. The number of terminal acetylenes is 1. The molecule has 3 rings (SSSR count). The fraction of sp³-hybridized carbons (Fsp3) is 0.143. The van der Waals surface area contributed by atoms with Crippen LogP contribution < -0.4 is 9.47 Å². The maximum atomic E-state index is 12.7. The van der Waals surface area contributed by atoms with Gasteiger partial charge in [-0.25, -0.2) is 0 Å². The number of nitrogens with zero attached hydrogens (tertiary/aromatic N) is 2. The number of ether oxygens (including phenoxy) is 2. The van der Waals surface area contributed by atoms with E-state index in [9.17, 15) is 19.7 Å². The van der Waals surface area contributed by atoms with Crippen molar-refractivity contribution >= 4 is 46.3 Å². The number of methoxy groups -OCH3 is 1. The minimum absolute atomic E-state index is 0.00292. The summed E-state index contributed by atoms with van der Waals surface area (Å²) in [7, 11) is 1.44. The minimum atomic E-state index is -0.519. The molecule has 0 aromatic heterocycles. The number of hydrogen-bond donors (Lipinski definition) is 0. The summed E-state index contributed by atoms with van der Waals surface area (Å²) in [5, 5.41) is 10.6. The van der Waals surface area contributed by atoms with E-state index in [1.165, 1.54) is 37.5 Å². The third kappa shape index (κ3) is 4.99. The second-order valence-corrected chi connectivity index (χ2v) is 7.62. The zero-order valence-corrected chi connectivity index (χ0v) is 17.7. The second-order valence-electron chi connectivity index (χ2n) is 6.22. The van der Waals surface area contributed by atoms with Gasteiger partial charge in [0.05, 0.1) is 28.5 Å². The monoisotopic (exact) mass is 458 g/mol. The van der Waals surface area contributed by atoms with Crippen molar-refractivity contribution in [3.8, 4) is 23.8 Å². The van der Waals surface area contributed by atoms with Crippen LogP contribution in [0, 0.1) is 22.5 Å². The molecular formula is C21H15ClN2O6S. The fourth-order valence-corrected chi connectivity index (χ4v) is 3.88. The molecule has 1 saturated heterocycles. The smallest absolute Gasteiger partial charge is 0.293 e. The summed E-state index contributed by atoms with van der Waals surface area (Å²) in [5.41, 5.74) is 1.06. The second kappa shape index (κ2) is 9.55. The van der Waals surface area contributed by atoms with Gasteiger partial charge in [-0.2, -0.15) is 0 Å². The summed E-state index contributed by atoms with van der Waals surface area (Å²) in [6.07, 6.45) is 6.73. The summed E-state index contributed by atoms with van der Waals surface area (Å²) >= 11 is 7.04. The number of halogens is 1. The molecule has 0 aliphatic carbocycles. The summed E-state index contributed by atoms with van der Waals surface area (Å²) in [6.45, 7) is 0.0138. The van der Waals surface area contributed by atoms with E-state index in [1.807, 2.05) is 0 Å². The molecule has 0 spiro atoms. The zero-order chi connectivity index (χ0) is 22.5. The first kappa shape index (κ1) is 22.2. The lowest BCUT2D eigenvalue weighted by Crippen LogP contribution is -2.27. The molecule has 0 unspecified atom stereocenters. The van der Waals surface area contributed by atoms with Crippen LogP contribution in [0.4, 0.5) is 10.5 Å². The Hall–Kier alpha value is -3.48. The number of rotatable bonds is 7. The number of thioether (sulfide) groups is 1. The first-order valence-electron chi connectivity index (χ1n) is 8.76. The Labute approximate surface area is 186 Å². The average Bonchev–Trinajstić information content (AvgIpc) is 3.00. The topological polar surface area (TPSA) is 99.0 Å². The van der Waals surface area contributed by atoms with Crippen molar-refractivity contribution < 1.29 is 24.0 Å². The minimum Gasteiger partial charge on any atom is -0.493 e. The number of nitro benzene ring substituents is 1. The average molecular weight is 459 g/mol. The van der Waals surface area contributed by atoms with Gasteiger partial charge in [0.1, 0.15) is 6.61 Å². The zero-order valence-electron chi connectivity index (χ0n) is 16.2. The highest BCUT2D eigenvalue weighted by Gasteiger charge is 2.35. The predicted molar refractivity (Wildman–Crippen MR) is 117 cm³/mol. The fourth-order valence-electron chi connectivity index (χ4n) is 2.77. The molecule has 2 aromatic rings. The quantitative estimate of drug-likeness (QED) is 0.260. The largest absolute Gasteiger partial charge is 0.493 e. The van der Waals surface area contributed by atoms with Gasteiger partial charge >= 0.3 is 0 Å². The molecule has 1 aliphatic heterocycles. The van der Waals surface area contributed by atoms with Crippen LogP contribution in [0.2, 0.25) is 5.02 Å². The lowest BCUT2D eigenvalue weighted by atomic mass is 10.1. The number of benzene rings is 2. The predicted octanol–water partition coefficient (Wildman–Crippen LogP) is 4.51. The molecule has 0 atom stereocenters. The molecular weight excluding hydrogens is 444 g/mol. The Morgan fingerprint density at radius 3 is 2.61 bits per heavy atom. The number of nitro groups is 1. The van der Waals surface area contributed by atoms with Crippen molar-refractivity contribution in [2.24, 2.45) is 0 Å². The normalized spacial score (nSPS) is 14.6. The molecule has 8 nitrogen and oxygen atoms in total. The van der Waals surface area contributed by atoms with Crippen molar-refractivity contribution in [2.75, 3.05) is 13.7 Å². The van der Waals surface area contributed by atoms with Crippen molar-refractivity contribution in [3.05, 3.63) is 67.6 Å². The maximum Gasteiger partial charge on any atom is 0.293 e. The SMILES string of the molecule is C#CCOc1c(Cl)cc(/C=C2\SC(=O)N(Cc3ccc([N+](=O)[O-])cc3)C2=O)cc1OC. The Morgan fingerprint density at radius 2 is 2.00 bits per heavy atom. The summed E-state index contributed by atoms with van der Waals surface area (Å²) in [4.78, 5) is 36.6. The van der Waals surface area contributed by atoms with Crippen molar-refractivity contribution in [3.63, 3.8) is 0 Å². The van der Waals surface area contributed by atoms with E-state index >= 15 is 0 Å². The molecule has 0 N–H and O–H groups in total. The molecule has 1 heterocycles. The summed E-state index contributed by atoms with van der Waals surface area (Å²) in [6, 6.07) is 8.84. The molecule has 0 radical (unpaired) electrons. The van der Waals surface area contributed by atoms with Crippen LogP contribution in [0.3, 0.4) is 0 Å². The van der Waals surface area contributed by atoms with E-state index in [4.69, 9.17) is 27.5 Å². The van der Waals surface area contributed by atoms with Crippen LogP contribution in [-0.4, -0.2) is 34.7 Å². The standard InChI is InChI=1S/C21H15ClN2O6S/c1-3-8-30-19-16(22)9-14(10-17(19)29-2)11-18-20(25)23(21(26)31-18)12-13-4-6-15(7-5-13)24(27)28/h1,4-7,9-11H,8,12H2,2H3/b18-11-. The van der Waals surface area contributed by atoms with Gasteiger partial charge in [0, 0.05) is 12.1 Å². The molecule has 1 aliphatic rings. The third-order valence-electron chi connectivity index (χ3n) is 4.21. The van der Waals surface area contributed by atoms with Crippen LogP contribution in [0.25, 0.3) is 6.08 Å². The van der Waals surface area contributed by atoms with Crippen LogP contribution in [0.5, 0.6) is 11.5 Å². The lowest BCUT2D eigenvalue weighted by Gasteiger charge is -2.12. The van der Waals surface area contributed by atoms with E-state index in [-0.39, 0.29) is 34.5 Å². The summed E-state index contributed by atoms with van der Waals surface area (Å²) < 4.78 is 10.7. The van der Waals surface area contributed by atoms with Crippen molar-refractivity contribution in [1.29, 1.82) is 0 Å². The molecule has 1 fully saturated rings. The maximum absolute atomic E-state index is 12.7. The van der Waals surface area contributed by atoms with Gasteiger partial charge in [-0.1, -0.05) is 29.7 Å². The number of non-ortho nitro benzene ring substituents is 1. The van der Waals surface area contributed by atoms with Gasteiger partial charge in [0.15, 0.2) is 11.5 Å². The van der Waals surface area contributed by atoms with E-state index in [2.05, 4.69) is 5.92 Å². The highest BCUT2D eigenvalue weighted by molar-refractivity contribution is 8.18. The molecule has 158 valence electrons. The van der Waals surface area contributed by atoms with Crippen molar-refractivity contribution in [1.82, 2.24) is 4.90 Å². The highest BCUT2D eigenvalue weighted by atomic mass is 35.5. The third-order valence-corrected chi connectivity index (χ3v) is 5.40. The number of hydrogen-bond acceptors (Lipinski definition) is 7. The van der Waals surface area contributed by atoms with E-state index in [0.29, 0.717) is 16.9 Å². The summed E-state index contributed by atoms with van der Waals surface area (Å²) in [5.74, 6) is 2.48. The molecule has 2 amide bonds. The highest BCUT2D eigenvalue weighted by Crippen LogP contribution is 2.39. The Kier molecular flexibility index (Phi) is 6.84. The van der Waals surface area contributed by atoms with Gasteiger partial charge in [0.25, 0.3) is 16.8 Å². The Morgan fingerprint density at radius 1 is 1.29 bits per heavy atom. The van der Waals surface area contributed by atoms with Crippen LogP contribution in [-0.2, 0) is 11.3 Å². The molecule has 10 heteroatoms. The number of carbonyl (C=O) groups is 2. The number of amides is 2.